The minimum Gasteiger partial charge on any atom is -0.309 e. The van der Waals surface area contributed by atoms with Crippen LogP contribution in [0.5, 0.6) is 0 Å². The Morgan fingerprint density at radius 3 is 1.71 bits per heavy atom. The third-order valence-corrected chi connectivity index (χ3v) is 9.96. The molecule has 0 unspecified atom stereocenters. The molecule has 0 spiro atoms. The van der Waals surface area contributed by atoms with E-state index >= 15 is 0 Å². The Kier molecular flexibility index (Phi) is 5.20. The Morgan fingerprint density at radius 1 is 0.444 bits per heavy atom. The lowest BCUT2D eigenvalue weighted by molar-refractivity contribution is 1.14. The third-order valence-electron chi connectivity index (χ3n) is 8.77. The fraction of sp³-hybridized carbons (Fsp3) is 0. The first kappa shape index (κ1) is 25.1. The SMILES string of the molecule is N#Cc1ccc2sc3c(ccc4c5ccccc5n(-c5cccc(-n6c7ccc(C#N)cc7c7cc(C#N)ccc76)c5)c43)c2c1. The number of hydrogen-bond donors (Lipinski definition) is 0. The molecule has 5 nitrogen and oxygen atoms in total. The van der Waals surface area contributed by atoms with E-state index < -0.39 is 0 Å². The smallest absolute Gasteiger partial charge is 0.0991 e. The van der Waals surface area contributed by atoms with E-state index in [4.69, 9.17) is 0 Å². The van der Waals surface area contributed by atoms with E-state index in [-0.39, 0.29) is 0 Å². The molecule has 0 aliphatic carbocycles. The molecular weight excluding hydrogens is 571 g/mol. The first-order valence-electron chi connectivity index (χ1n) is 14.4. The van der Waals surface area contributed by atoms with Crippen LogP contribution in [0.25, 0.3) is 75.2 Å². The van der Waals surface area contributed by atoms with Crippen molar-refractivity contribution in [2.75, 3.05) is 0 Å². The first-order chi connectivity index (χ1) is 22.2. The number of nitriles is 3. The quantitative estimate of drug-likeness (QED) is 0.201. The van der Waals surface area contributed by atoms with Gasteiger partial charge in [-0.2, -0.15) is 15.8 Å². The van der Waals surface area contributed by atoms with Gasteiger partial charge in [-0.1, -0.05) is 36.4 Å². The number of para-hydroxylation sites is 1. The molecule has 0 N–H and O–H groups in total. The van der Waals surface area contributed by atoms with E-state index in [1.165, 1.54) is 15.5 Å². The molecule has 9 rings (SSSR count). The topological polar surface area (TPSA) is 81.2 Å². The number of thiophene rings is 1. The van der Waals surface area contributed by atoms with E-state index in [1.807, 2.05) is 48.5 Å². The molecule has 3 aromatic heterocycles. The van der Waals surface area contributed by atoms with E-state index in [1.54, 1.807) is 11.3 Å². The van der Waals surface area contributed by atoms with Gasteiger partial charge in [-0.3, -0.25) is 0 Å². The third kappa shape index (κ3) is 3.51. The van der Waals surface area contributed by atoms with Gasteiger partial charge in [0.2, 0.25) is 0 Å². The average molecular weight is 590 g/mol. The predicted octanol–water partition coefficient (Wildman–Crippen LogP) is 9.86. The fourth-order valence-electron chi connectivity index (χ4n) is 6.83. The molecule has 0 atom stereocenters. The largest absolute Gasteiger partial charge is 0.309 e. The monoisotopic (exact) mass is 589 g/mol. The van der Waals surface area contributed by atoms with Crippen molar-refractivity contribution in [3.63, 3.8) is 0 Å². The summed E-state index contributed by atoms with van der Waals surface area (Å²) in [6, 6.07) is 45.7. The average Bonchev–Trinajstić information content (AvgIpc) is 3.75. The number of hydrogen-bond acceptors (Lipinski definition) is 4. The summed E-state index contributed by atoms with van der Waals surface area (Å²) in [4.78, 5) is 0. The Balaban J connectivity index is 1.37. The zero-order valence-corrected chi connectivity index (χ0v) is 24.4. The molecule has 0 aliphatic rings. The van der Waals surface area contributed by atoms with Crippen LogP contribution in [-0.4, -0.2) is 9.13 Å². The van der Waals surface area contributed by atoms with Gasteiger partial charge in [0.25, 0.3) is 0 Å². The van der Waals surface area contributed by atoms with Gasteiger partial charge < -0.3 is 9.13 Å². The van der Waals surface area contributed by atoms with E-state index in [9.17, 15) is 15.8 Å². The highest BCUT2D eigenvalue weighted by molar-refractivity contribution is 7.26. The van der Waals surface area contributed by atoms with Gasteiger partial charge >= 0.3 is 0 Å². The molecule has 3 heterocycles. The predicted molar refractivity (Wildman–Crippen MR) is 182 cm³/mol. The molecule has 0 saturated carbocycles. The minimum absolute atomic E-state index is 0.581. The van der Waals surface area contributed by atoms with Crippen molar-refractivity contribution in [3.8, 4) is 29.6 Å². The van der Waals surface area contributed by atoms with Crippen LogP contribution in [0, 0.1) is 34.0 Å². The molecule has 0 radical (unpaired) electrons. The Labute approximate surface area is 260 Å². The van der Waals surface area contributed by atoms with Crippen LogP contribution in [-0.2, 0) is 0 Å². The lowest BCUT2D eigenvalue weighted by Crippen LogP contribution is -1.98. The lowest BCUT2D eigenvalue weighted by Gasteiger charge is -2.13. The van der Waals surface area contributed by atoms with Gasteiger partial charge in [-0.15, -0.1) is 11.3 Å². The van der Waals surface area contributed by atoms with Crippen molar-refractivity contribution in [2.45, 2.75) is 0 Å². The Bertz CT molecular complexity index is 2790. The second kappa shape index (κ2) is 9.30. The molecule has 0 fully saturated rings. The summed E-state index contributed by atoms with van der Waals surface area (Å²) in [5.74, 6) is 0. The highest BCUT2D eigenvalue weighted by Gasteiger charge is 2.19. The summed E-state index contributed by atoms with van der Waals surface area (Å²) in [7, 11) is 0. The maximum Gasteiger partial charge on any atom is 0.0991 e. The number of rotatable bonds is 2. The van der Waals surface area contributed by atoms with Crippen molar-refractivity contribution in [1.82, 2.24) is 9.13 Å². The second-order valence-corrected chi connectivity index (χ2v) is 12.2. The van der Waals surface area contributed by atoms with Gasteiger partial charge in [-0.05, 0) is 78.9 Å². The fourth-order valence-corrected chi connectivity index (χ4v) is 8.05. The zero-order valence-electron chi connectivity index (χ0n) is 23.6. The summed E-state index contributed by atoms with van der Waals surface area (Å²) in [6.45, 7) is 0. The Hall–Kier alpha value is -6.39. The van der Waals surface area contributed by atoms with Crippen LogP contribution in [0.15, 0.2) is 115 Å². The normalized spacial score (nSPS) is 11.5. The molecule has 0 amide bonds. The summed E-state index contributed by atoms with van der Waals surface area (Å²) < 4.78 is 6.90. The van der Waals surface area contributed by atoms with Gasteiger partial charge in [0.05, 0.1) is 61.7 Å². The molecule has 45 heavy (non-hydrogen) atoms. The van der Waals surface area contributed by atoms with Crippen LogP contribution in [0.3, 0.4) is 0 Å². The van der Waals surface area contributed by atoms with Gasteiger partial charge in [0.15, 0.2) is 0 Å². The summed E-state index contributed by atoms with van der Waals surface area (Å²) in [5, 5.41) is 35.3. The standard InChI is InChI=1S/C39H19N5S/c40-20-23-8-13-35-31(16-23)32-17-24(21-41)9-14-36(32)43(35)26-4-3-5-27(19-26)44-34-7-2-1-6-28(34)29-11-12-30-33-18-25(22-42)10-15-37(33)45-39(30)38(29)44/h1-19H. The number of nitrogens with zero attached hydrogens (tertiary/aromatic N) is 5. The van der Waals surface area contributed by atoms with E-state index in [2.05, 4.69) is 94.1 Å². The molecular formula is C39H19N5S. The van der Waals surface area contributed by atoms with Gasteiger partial charge in [0.1, 0.15) is 0 Å². The van der Waals surface area contributed by atoms with Crippen LogP contribution in [0.1, 0.15) is 16.7 Å². The first-order valence-corrected chi connectivity index (χ1v) is 15.3. The lowest BCUT2D eigenvalue weighted by atomic mass is 10.1. The highest BCUT2D eigenvalue weighted by Crippen LogP contribution is 2.43. The Morgan fingerprint density at radius 2 is 1.02 bits per heavy atom. The summed E-state index contributed by atoms with van der Waals surface area (Å²) in [5.41, 5.74) is 8.03. The van der Waals surface area contributed by atoms with Crippen molar-refractivity contribution in [2.24, 2.45) is 0 Å². The number of aromatic nitrogens is 2. The maximum absolute atomic E-state index is 9.63. The molecule has 206 valence electrons. The van der Waals surface area contributed by atoms with E-state index in [0.29, 0.717) is 16.7 Å². The van der Waals surface area contributed by atoms with E-state index in [0.717, 1.165) is 59.7 Å². The highest BCUT2D eigenvalue weighted by atomic mass is 32.1. The van der Waals surface area contributed by atoms with Crippen LogP contribution >= 0.6 is 11.3 Å². The summed E-state index contributed by atoms with van der Waals surface area (Å²) >= 11 is 1.76. The second-order valence-electron chi connectivity index (χ2n) is 11.2. The minimum atomic E-state index is 0.581. The molecule has 6 heteroatoms. The van der Waals surface area contributed by atoms with Crippen LogP contribution in [0.2, 0.25) is 0 Å². The molecule has 0 aliphatic heterocycles. The maximum atomic E-state index is 9.63. The molecule has 0 bridgehead atoms. The van der Waals surface area contributed by atoms with Crippen LogP contribution in [0.4, 0.5) is 0 Å². The zero-order chi connectivity index (χ0) is 30.2. The van der Waals surface area contributed by atoms with Gasteiger partial charge in [-0.25, -0.2) is 0 Å². The number of fused-ring (bicyclic) bond motifs is 10. The molecule has 0 saturated heterocycles. The number of benzene rings is 6. The summed E-state index contributed by atoms with van der Waals surface area (Å²) in [6.07, 6.45) is 0. The van der Waals surface area contributed by atoms with Crippen molar-refractivity contribution in [1.29, 1.82) is 15.8 Å². The van der Waals surface area contributed by atoms with Crippen LogP contribution < -0.4 is 0 Å². The van der Waals surface area contributed by atoms with Crippen molar-refractivity contribution < 1.29 is 0 Å². The van der Waals surface area contributed by atoms with Gasteiger partial charge in [0, 0.05) is 48.4 Å². The van der Waals surface area contributed by atoms with Crippen molar-refractivity contribution in [3.05, 3.63) is 132 Å². The molecule has 9 aromatic rings. The van der Waals surface area contributed by atoms with Crippen molar-refractivity contribution >= 4 is 75.1 Å². The molecule has 6 aromatic carbocycles.